The first kappa shape index (κ1) is 11.0. The largest absolute Gasteiger partial charge is 0.361 e. The SMILES string of the molecule is Cc1ccc(-c2cc(=S)cc[nH]2)c(F)c1F. The highest BCUT2D eigenvalue weighted by Gasteiger charge is 2.12. The highest BCUT2D eigenvalue weighted by molar-refractivity contribution is 7.71. The fraction of sp³-hybridized carbons (Fsp3) is 0.0833. The Morgan fingerprint density at radius 3 is 2.56 bits per heavy atom. The van der Waals surface area contributed by atoms with Crippen molar-refractivity contribution >= 4 is 12.2 Å². The predicted molar refractivity (Wildman–Crippen MR) is 61.7 cm³/mol. The van der Waals surface area contributed by atoms with Gasteiger partial charge in [-0.05, 0) is 30.7 Å². The number of aryl methyl sites for hydroxylation is 1. The van der Waals surface area contributed by atoms with Gasteiger partial charge in [-0.25, -0.2) is 8.78 Å². The van der Waals surface area contributed by atoms with Crippen LogP contribution in [0.3, 0.4) is 0 Å². The normalized spacial score (nSPS) is 10.4. The number of rotatable bonds is 1. The minimum atomic E-state index is -0.850. The minimum absolute atomic E-state index is 0.190. The lowest BCUT2D eigenvalue weighted by molar-refractivity contribution is 0.505. The molecule has 0 fully saturated rings. The van der Waals surface area contributed by atoms with Gasteiger partial charge in [-0.2, -0.15) is 0 Å². The predicted octanol–water partition coefficient (Wildman–Crippen LogP) is 4.00. The minimum Gasteiger partial charge on any atom is -0.361 e. The second kappa shape index (κ2) is 4.14. The molecule has 0 aliphatic heterocycles. The zero-order chi connectivity index (χ0) is 11.7. The van der Waals surface area contributed by atoms with E-state index in [4.69, 9.17) is 12.2 Å². The molecule has 0 unspecified atom stereocenters. The van der Waals surface area contributed by atoms with Gasteiger partial charge < -0.3 is 4.98 Å². The van der Waals surface area contributed by atoms with Crippen LogP contribution in [-0.2, 0) is 0 Å². The number of H-pyrrole nitrogens is 1. The summed E-state index contributed by atoms with van der Waals surface area (Å²) in [6, 6.07) is 6.36. The molecule has 1 aromatic carbocycles. The fourth-order valence-corrected chi connectivity index (χ4v) is 1.64. The Hall–Kier alpha value is -1.55. The van der Waals surface area contributed by atoms with Gasteiger partial charge in [0, 0.05) is 22.0 Å². The Labute approximate surface area is 96.8 Å². The van der Waals surface area contributed by atoms with E-state index in [1.165, 1.54) is 19.1 Å². The molecule has 0 aliphatic carbocycles. The van der Waals surface area contributed by atoms with Crippen molar-refractivity contribution in [2.24, 2.45) is 0 Å². The van der Waals surface area contributed by atoms with Gasteiger partial charge in [0.05, 0.1) is 0 Å². The maximum atomic E-state index is 13.7. The molecule has 82 valence electrons. The zero-order valence-electron chi connectivity index (χ0n) is 8.55. The molecule has 16 heavy (non-hydrogen) atoms. The Bertz CT molecular complexity index is 590. The zero-order valence-corrected chi connectivity index (χ0v) is 9.37. The fourth-order valence-electron chi connectivity index (χ4n) is 1.46. The number of halogens is 2. The van der Waals surface area contributed by atoms with Crippen molar-refractivity contribution in [2.75, 3.05) is 0 Å². The van der Waals surface area contributed by atoms with Crippen LogP contribution in [0.1, 0.15) is 5.56 Å². The Kier molecular flexibility index (Phi) is 2.83. The molecule has 0 atom stereocenters. The highest BCUT2D eigenvalue weighted by Crippen LogP contribution is 2.24. The third-order valence-corrected chi connectivity index (χ3v) is 2.59. The van der Waals surface area contributed by atoms with Gasteiger partial charge in [0.2, 0.25) is 0 Å². The molecule has 4 heteroatoms. The average Bonchev–Trinajstić information content (AvgIpc) is 2.26. The van der Waals surface area contributed by atoms with E-state index in [9.17, 15) is 8.78 Å². The molecule has 0 aliphatic rings. The number of aromatic amines is 1. The van der Waals surface area contributed by atoms with Gasteiger partial charge >= 0.3 is 0 Å². The smallest absolute Gasteiger partial charge is 0.168 e. The molecule has 1 N–H and O–H groups in total. The maximum absolute atomic E-state index is 13.7. The van der Waals surface area contributed by atoms with Crippen LogP contribution in [0, 0.1) is 23.1 Å². The molecule has 2 aromatic rings. The number of nitrogens with one attached hydrogen (secondary N) is 1. The van der Waals surface area contributed by atoms with Crippen LogP contribution < -0.4 is 0 Å². The molecular formula is C12H9F2NS. The summed E-state index contributed by atoms with van der Waals surface area (Å²) in [5, 5.41) is 0. The first-order chi connectivity index (χ1) is 7.59. The highest BCUT2D eigenvalue weighted by atomic mass is 32.1. The first-order valence-electron chi connectivity index (χ1n) is 4.73. The summed E-state index contributed by atoms with van der Waals surface area (Å²) in [4.78, 5) is 2.84. The molecule has 1 aromatic heterocycles. The van der Waals surface area contributed by atoms with Crippen molar-refractivity contribution in [3.05, 3.63) is 52.2 Å². The number of hydrogen-bond acceptors (Lipinski definition) is 1. The topological polar surface area (TPSA) is 15.8 Å². The average molecular weight is 237 g/mol. The van der Waals surface area contributed by atoms with Crippen LogP contribution in [-0.4, -0.2) is 4.98 Å². The summed E-state index contributed by atoms with van der Waals surface area (Å²) in [6.45, 7) is 1.52. The van der Waals surface area contributed by atoms with Crippen LogP contribution >= 0.6 is 12.2 Å². The second-order valence-electron chi connectivity index (χ2n) is 3.50. The molecule has 0 bridgehead atoms. The third-order valence-electron chi connectivity index (χ3n) is 2.34. The van der Waals surface area contributed by atoms with E-state index < -0.39 is 11.6 Å². The standard InChI is InChI=1S/C12H9F2NS/c1-7-2-3-9(12(14)11(7)13)10-6-8(16)4-5-15-10/h2-6H,1H3,(H,15,16). The summed E-state index contributed by atoms with van der Waals surface area (Å²) in [5.41, 5.74) is 0.953. The van der Waals surface area contributed by atoms with Gasteiger partial charge in [-0.15, -0.1) is 0 Å². The van der Waals surface area contributed by atoms with E-state index in [-0.39, 0.29) is 11.1 Å². The van der Waals surface area contributed by atoms with Crippen molar-refractivity contribution in [1.29, 1.82) is 0 Å². The van der Waals surface area contributed by atoms with Crippen LogP contribution in [0.5, 0.6) is 0 Å². The number of hydrogen-bond donors (Lipinski definition) is 1. The molecule has 1 nitrogen and oxygen atoms in total. The Balaban J connectivity index is 2.66. The monoisotopic (exact) mass is 237 g/mol. The summed E-state index contributed by atoms with van der Waals surface area (Å²) in [6.07, 6.45) is 1.61. The lowest BCUT2D eigenvalue weighted by atomic mass is 10.1. The van der Waals surface area contributed by atoms with Crippen LogP contribution in [0.4, 0.5) is 8.78 Å². The lowest BCUT2D eigenvalue weighted by Gasteiger charge is -2.05. The van der Waals surface area contributed by atoms with Crippen molar-refractivity contribution < 1.29 is 8.78 Å². The molecule has 0 radical (unpaired) electrons. The van der Waals surface area contributed by atoms with Gasteiger partial charge in [0.15, 0.2) is 11.6 Å². The summed E-state index contributed by atoms with van der Waals surface area (Å²) in [5.74, 6) is -1.67. The molecule has 0 amide bonds. The van der Waals surface area contributed by atoms with Gasteiger partial charge in [0.25, 0.3) is 0 Å². The van der Waals surface area contributed by atoms with Gasteiger partial charge in [-0.1, -0.05) is 18.3 Å². The van der Waals surface area contributed by atoms with E-state index in [0.29, 0.717) is 10.2 Å². The first-order valence-corrected chi connectivity index (χ1v) is 5.14. The summed E-state index contributed by atoms with van der Waals surface area (Å²) in [7, 11) is 0. The van der Waals surface area contributed by atoms with Crippen molar-refractivity contribution in [1.82, 2.24) is 4.98 Å². The van der Waals surface area contributed by atoms with E-state index in [0.717, 1.165) is 0 Å². The Morgan fingerprint density at radius 1 is 1.12 bits per heavy atom. The van der Waals surface area contributed by atoms with E-state index in [1.54, 1.807) is 18.3 Å². The van der Waals surface area contributed by atoms with E-state index in [2.05, 4.69) is 4.98 Å². The van der Waals surface area contributed by atoms with E-state index >= 15 is 0 Å². The maximum Gasteiger partial charge on any atom is 0.168 e. The van der Waals surface area contributed by atoms with Crippen molar-refractivity contribution in [3.63, 3.8) is 0 Å². The van der Waals surface area contributed by atoms with Crippen LogP contribution in [0.25, 0.3) is 11.3 Å². The van der Waals surface area contributed by atoms with Gasteiger partial charge in [-0.3, -0.25) is 0 Å². The lowest BCUT2D eigenvalue weighted by Crippen LogP contribution is -1.94. The number of benzene rings is 1. The quantitative estimate of drug-likeness (QED) is 0.741. The molecule has 2 rings (SSSR count). The third kappa shape index (κ3) is 1.88. The van der Waals surface area contributed by atoms with Crippen molar-refractivity contribution in [2.45, 2.75) is 6.92 Å². The van der Waals surface area contributed by atoms with Crippen LogP contribution in [0.2, 0.25) is 0 Å². The molecule has 0 saturated heterocycles. The summed E-state index contributed by atoms with van der Waals surface area (Å²) >= 11 is 4.97. The Morgan fingerprint density at radius 2 is 1.88 bits per heavy atom. The van der Waals surface area contributed by atoms with Gasteiger partial charge in [0.1, 0.15) is 0 Å². The number of aromatic nitrogens is 1. The summed E-state index contributed by atoms with van der Waals surface area (Å²) < 4.78 is 27.6. The number of pyridine rings is 1. The van der Waals surface area contributed by atoms with Crippen molar-refractivity contribution in [3.8, 4) is 11.3 Å². The molecule has 1 heterocycles. The molecule has 0 spiro atoms. The van der Waals surface area contributed by atoms with E-state index in [1.807, 2.05) is 0 Å². The second-order valence-corrected chi connectivity index (χ2v) is 3.97. The molecular weight excluding hydrogens is 228 g/mol. The van der Waals surface area contributed by atoms with Crippen LogP contribution in [0.15, 0.2) is 30.5 Å². The molecule has 0 saturated carbocycles.